The summed E-state index contributed by atoms with van der Waals surface area (Å²) in [6.45, 7) is 6.21. The molecule has 0 spiro atoms. The zero-order valence-electron chi connectivity index (χ0n) is 16.1. The van der Waals surface area contributed by atoms with Crippen LogP contribution in [0.25, 0.3) is 11.0 Å². The van der Waals surface area contributed by atoms with E-state index in [2.05, 4.69) is 53.9 Å². The monoisotopic (exact) mass is 366 g/mol. The Bertz CT molecular complexity index is 911. The lowest BCUT2D eigenvalue weighted by molar-refractivity contribution is 0.439. The SMILES string of the molecule is CNC1CCN(c2nccc(Nc3cc4c(cn3)ncn4C(C)C)n2)CC1. The zero-order chi connectivity index (χ0) is 18.8. The molecule has 0 bridgehead atoms. The van der Waals surface area contributed by atoms with Crippen molar-refractivity contribution >= 4 is 28.6 Å². The lowest BCUT2D eigenvalue weighted by Gasteiger charge is -2.31. The van der Waals surface area contributed by atoms with Crippen LogP contribution in [0.15, 0.2) is 30.9 Å². The lowest BCUT2D eigenvalue weighted by atomic mass is 10.1. The van der Waals surface area contributed by atoms with Gasteiger partial charge in [0.2, 0.25) is 5.95 Å². The van der Waals surface area contributed by atoms with Gasteiger partial charge in [0.05, 0.1) is 18.0 Å². The van der Waals surface area contributed by atoms with E-state index < -0.39 is 0 Å². The summed E-state index contributed by atoms with van der Waals surface area (Å²) in [5, 5.41) is 6.66. The van der Waals surface area contributed by atoms with Crippen molar-refractivity contribution in [2.45, 2.75) is 38.8 Å². The fourth-order valence-electron chi connectivity index (χ4n) is 3.48. The number of pyridine rings is 1. The van der Waals surface area contributed by atoms with Gasteiger partial charge >= 0.3 is 0 Å². The summed E-state index contributed by atoms with van der Waals surface area (Å²) in [5.74, 6) is 2.27. The van der Waals surface area contributed by atoms with E-state index in [1.165, 1.54) is 0 Å². The molecule has 0 radical (unpaired) electrons. The quantitative estimate of drug-likeness (QED) is 0.718. The van der Waals surface area contributed by atoms with Gasteiger partial charge in [-0.3, -0.25) is 0 Å². The third-order valence-corrected chi connectivity index (χ3v) is 5.10. The summed E-state index contributed by atoms with van der Waals surface area (Å²) in [6.07, 6.45) is 7.66. The minimum atomic E-state index is 0.344. The van der Waals surface area contributed by atoms with Crippen LogP contribution in [0.2, 0.25) is 0 Å². The van der Waals surface area contributed by atoms with Crippen molar-refractivity contribution in [3.05, 3.63) is 30.9 Å². The summed E-state index contributed by atoms with van der Waals surface area (Å²) >= 11 is 0. The van der Waals surface area contributed by atoms with Gasteiger partial charge in [0.1, 0.15) is 17.2 Å². The van der Waals surface area contributed by atoms with Crippen LogP contribution in [0.5, 0.6) is 0 Å². The Morgan fingerprint density at radius 2 is 1.93 bits per heavy atom. The van der Waals surface area contributed by atoms with E-state index in [9.17, 15) is 0 Å². The molecule has 1 saturated heterocycles. The number of imidazole rings is 1. The normalized spacial score (nSPS) is 15.6. The smallest absolute Gasteiger partial charge is 0.227 e. The van der Waals surface area contributed by atoms with Gasteiger partial charge in [-0.25, -0.2) is 15.0 Å². The Kier molecular flexibility index (Phi) is 4.89. The Morgan fingerprint density at radius 1 is 1.11 bits per heavy atom. The molecule has 0 aromatic carbocycles. The first-order valence-corrected chi connectivity index (χ1v) is 9.49. The third kappa shape index (κ3) is 3.71. The van der Waals surface area contributed by atoms with Crippen molar-refractivity contribution in [2.24, 2.45) is 0 Å². The number of hydrogen-bond donors (Lipinski definition) is 2. The van der Waals surface area contributed by atoms with Gasteiger partial charge < -0.3 is 20.1 Å². The highest BCUT2D eigenvalue weighted by Gasteiger charge is 2.20. The summed E-state index contributed by atoms with van der Waals surface area (Å²) in [6, 6.07) is 4.82. The maximum Gasteiger partial charge on any atom is 0.227 e. The van der Waals surface area contributed by atoms with E-state index in [0.29, 0.717) is 12.1 Å². The molecule has 3 aromatic rings. The molecule has 0 saturated carbocycles. The summed E-state index contributed by atoms with van der Waals surface area (Å²) in [5.41, 5.74) is 1.95. The molecule has 8 nitrogen and oxygen atoms in total. The third-order valence-electron chi connectivity index (χ3n) is 5.10. The second-order valence-corrected chi connectivity index (χ2v) is 7.22. The second-order valence-electron chi connectivity index (χ2n) is 7.22. The molecule has 142 valence electrons. The Morgan fingerprint density at radius 3 is 2.67 bits per heavy atom. The van der Waals surface area contributed by atoms with E-state index in [0.717, 1.165) is 54.5 Å². The van der Waals surface area contributed by atoms with Gasteiger partial charge in [0, 0.05) is 37.4 Å². The Hall–Kier alpha value is -2.74. The van der Waals surface area contributed by atoms with E-state index in [1.807, 2.05) is 25.5 Å². The number of anilines is 3. The molecule has 2 N–H and O–H groups in total. The number of nitrogens with zero attached hydrogens (tertiary/aromatic N) is 6. The average molecular weight is 366 g/mol. The Labute approximate surface area is 159 Å². The van der Waals surface area contributed by atoms with Crippen molar-refractivity contribution < 1.29 is 0 Å². The zero-order valence-corrected chi connectivity index (χ0v) is 16.1. The van der Waals surface area contributed by atoms with E-state index in [-0.39, 0.29) is 0 Å². The van der Waals surface area contributed by atoms with Crippen LogP contribution >= 0.6 is 0 Å². The topological polar surface area (TPSA) is 83.8 Å². The molecular formula is C19H26N8. The van der Waals surface area contributed by atoms with Crippen molar-refractivity contribution in [3.63, 3.8) is 0 Å². The summed E-state index contributed by atoms with van der Waals surface area (Å²) in [7, 11) is 2.02. The highest BCUT2D eigenvalue weighted by atomic mass is 15.3. The number of aromatic nitrogens is 5. The largest absolute Gasteiger partial charge is 0.341 e. The van der Waals surface area contributed by atoms with Gasteiger partial charge in [-0.15, -0.1) is 0 Å². The fraction of sp³-hybridized carbons (Fsp3) is 0.474. The molecule has 1 aliphatic heterocycles. The molecule has 4 heterocycles. The molecule has 27 heavy (non-hydrogen) atoms. The molecule has 8 heteroatoms. The standard InChI is InChI=1S/C19H26N8/c1-13(2)27-12-23-15-11-22-18(10-16(15)27)24-17-4-7-21-19(25-17)26-8-5-14(20-3)6-9-26/h4,7,10-14,20H,5-6,8-9H2,1-3H3,(H,21,22,24,25). The first kappa shape index (κ1) is 17.7. The highest BCUT2D eigenvalue weighted by Crippen LogP contribution is 2.22. The maximum atomic E-state index is 4.69. The summed E-state index contributed by atoms with van der Waals surface area (Å²) < 4.78 is 2.14. The van der Waals surface area contributed by atoms with Crippen LogP contribution < -0.4 is 15.5 Å². The summed E-state index contributed by atoms with van der Waals surface area (Å²) in [4.78, 5) is 20.3. The van der Waals surface area contributed by atoms with Gasteiger partial charge in [0.25, 0.3) is 0 Å². The van der Waals surface area contributed by atoms with Crippen LogP contribution in [0.4, 0.5) is 17.6 Å². The minimum absolute atomic E-state index is 0.344. The number of piperidine rings is 1. The second kappa shape index (κ2) is 7.48. The van der Waals surface area contributed by atoms with E-state index in [4.69, 9.17) is 0 Å². The lowest BCUT2D eigenvalue weighted by Crippen LogP contribution is -2.41. The predicted molar refractivity (Wildman–Crippen MR) is 108 cm³/mol. The maximum absolute atomic E-state index is 4.69. The van der Waals surface area contributed by atoms with Crippen molar-refractivity contribution in [1.29, 1.82) is 0 Å². The molecule has 0 aliphatic carbocycles. The first-order chi connectivity index (χ1) is 13.1. The van der Waals surface area contributed by atoms with Crippen molar-refractivity contribution in [2.75, 3.05) is 30.4 Å². The minimum Gasteiger partial charge on any atom is -0.341 e. The molecule has 0 amide bonds. The van der Waals surface area contributed by atoms with Crippen LogP contribution in [-0.4, -0.2) is 50.7 Å². The van der Waals surface area contributed by atoms with E-state index in [1.54, 1.807) is 12.4 Å². The van der Waals surface area contributed by atoms with Crippen LogP contribution in [0.1, 0.15) is 32.7 Å². The Balaban J connectivity index is 1.53. The molecule has 0 unspecified atom stereocenters. The number of nitrogens with one attached hydrogen (secondary N) is 2. The molecule has 0 atom stereocenters. The molecular weight excluding hydrogens is 340 g/mol. The van der Waals surface area contributed by atoms with Gasteiger partial charge in [-0.1, -0.05) is 0 Å². The van der Waals surface area contributed by atoms with Gasteiger partial charge in [-0.2, -0.15) is 4.98 Å². The average Bonchev–Trinajstić information content (AvgIpc) is 3.12. The molecule has 1 aliphatic rings. The van der Waals surface area contributed by atoms with Crippen LogP contribution in [0.3, 0.4) is 0 Å². The first-order valence-electron chi connectivity index (χ1n) is 9.49. The van der Waals surface area contributed by atoms with Gasteiger partial charge in [-0.05, 0) is 39.8 Å². The molecule has 1 fully saturated rings. The van der Waals surface area contributed by atoms with Crippen LogP contribution in [-0.2, 0) is 0 Å². The van der Waals surface area contributed by atoms with Crippen LogP contribution in [0, 0.1) is 0 Å². The molecule has 3 aromatic heterocycles. The van der Waals surface area contributed by atoms with Crippen molar-refractivity contribution in [3.8, 4) is 0 Å². The van der Waals surface area contributed by atoms with E-state index >= 15 is 0 Å². The number of rotatable bonds is 5. The fourth-order valence-corrected chi connectivity index (χ4v) is 3.48. The molecule has 4 rings (SSSR count). The number of hydrogen-bond acceptors (Lipinski definition) is 7. The highest BCUT2D eigenvalue weighted by molar-refractivity contribution is 5.78. The predicted octanol–water partition coefficient (Wildman–Crippen LogP) is 2.73. The van der Waals surface area contributed by atoms with Gasteiger partial charge in [0.15, 0.2) is 0 Å². The van der Waals surface area contributed by atoms with Crippen molar-refractivity contribution in [1.82, 2.24) is 29.8 Å². The number of fused-ring (bicyclic) bond motifs is 1.